The quantitative estimate of drug-likeness (QED) is 0.799. The van der Waals surface area contributed by atoms with Crippen molar-refractivity contribution in [3.8, 4) is 0 Å². The maximum absolute atomic E-state index is 12.6. The zero-order valence-corrected chi connectivity index (χ0v) is 13.8. The van der Waals surface area contributed by atoms with Crippen LogP contribution in [-0.2, 0) is 17.1 Å². The Morgan fingerprint density at radius 2 is 1.74 bits per heavy atom. The Hall–Kier alpha value is -2.54. The number of aromatic nitrogens is 1. The highest BCUT2D eigenvalue weighted by Crippen LogP contribution is 2.25. The van der Waals surface area contributed by atoms with Crippen molar-refractivity contribution in [2.75, 3.05) is 4.72 Å². The first kappa shape index (κ1) is 15.4. The zero-order chi connectivity index (χ0) is 16.8. The van der Waals surface area contributed by atoms with Crippen molar-refractivity contribution in [3.05, 3.63) is 58.1 Å². The number of rotatable bonds is 3. The minimum Gasteiger partial charge on any atom is -0.408 e. The van der Waals surface area contributed by atoms with E-state index in [2.05, 4.69) is 4.72 Å². The molecule has 6 nitrogen and oxygen atoms in total. The highest BCUT2D eigenvalue weighted by atomic mass is 32.2. The number of aryl methyl sites for hydroxylation is 3. The van der Waals surface area contributed by atoms with E-state index < -0.39 is 15.8 Å². The molecule has 0 saturated heterocycles. The van der Waals surface area contributed by atoms with Crippen LogP contribution in [0.5, 0.6) is 0 Å². The second-order valence-electron chi connectivity index (χ2n) is 5.43. The van der Waals surface area contributed by atoms with Gasteiger partial charge in [-0.05, 0) is 37.1 Å². The molecule has 0 atom stereocenters. The van der Waals surface area contributed by atoms with Gasteiger partial charge in [-0.25, -0.2) is 13.2 Å². The normalized spacial score (nSPS) is 11.8. The van der Waals surface area contributed by atoms with Crippen LogP contribution in [0.4, 0.5) is 5.69 Å². The van der Waals surface area contributed by atoms with Crippen molar-refractivity contribution >= 4 is 26.8 Å². The third-order valence-electron chi connectivity index (χ3n) is 3.79. The third-order valence-corrected chi connectivity index (χ3v) is 5.14. The van der Waals surface area contributed by atoms with E-state index in [1.54, 1.807) is 13.1 Å². The smallest absolute Gasteiger partial charge is 0.408 e. The van der Waals surface area contributed by atoms with Crippen molar-refractivity contribution < 1.29 is 12.8 Å². The minimum absolute atomic E-state index is 0.0435. The van der Waals surface area contributed by atoms with Crippen molar-refractivity contribution in [2.45, 2.75) is 18.7 Å². The van der Waals surface area contributed by atoms with E-state index >= 15 is 0 Å². The van der Waals surface area contributed by atoms with E-state index in [9.17, 15) is 13.2 Å². The molecule has 0 unspecified atom stereocenters. The summed E-state index contributed by atoms with van der Waals surface area (Å²) in [5.41, 5.74) is 3.01. The van der Waals surface area contributed by atoms with Gasteiger partial charge in [0.2, 0.25) is 0 Å². The predicted octanol–water partition coefficient (Wildman–Crippen LogP) is 2.55. The van der Waals surface area contributed by atoms with Crippen LogP contribution in [0.1, 0.15) is 11.1 Å². The van der Waals surface area contributed by atoms with E-state index in [1.165, 1.54) is 16.7 Å². The van der Waals surface area contributed by atoms with Gasteiger partial charge in [0.15, 0.2) is 5.58 Å². The number of oxazole rings is 1. The molecule has 0 aliphatic heterocycles. The summed E-state index contributed by atoms with van der Waals surface area (Å²) in [6, 6.07) is 9.90. The van der Waals surface area contributed by atoms with Gasteiger partial charge >= 0.3 is 5.76 Å². The van der Waals surface area contributed by atoms with Crippen LogP contribution in [0.2, 0.25) is 0 Å². The van der Waals surface area contributed by atoms with Crippen molar-refractivity contribution in [2.24, 2.45) is 7.05 Å². The van der Waals surface area contributed by atoms with Gasteiger partial charge in [-0.1, -0.05) is 18.2 Å². The fourth-order valence-electron chi connectivity index (χ4n) is 2.45. The monoisotopic (exact) mass is 332 g/mol. The zero-order valence-electron chi connectivity index (χ0n) is 13.0. The van der Waals surface area contributed by atoms with Gasteiger partial charge in [-0.2, -0.15) is 0 Å². The highest BCUT2D eigenvalue weighted by Gasteiger charge is 2.18. The first-order valence-electron chi connectivity index (χ1n) is 6.98. The predicted molar refractivity (Wildman–Crippen MR) is 88.2 cm³/mol. The molecule has 0 radical (unpaired) electrons. The third kappa shape index (κ3) is 2.63. The Bertz CT molecular complexity index is 1040. The maximum Gasteiger partial charge on any atom is 0.419 e. The lowest BCUT2D eigenvalue weighted by molar-refractivity contribution is 0.527. The summed E-state index contributed by atoms with van der Waals surface area (Å²) in [4.78, 5) is 11.6. The maximum atomic E-state index is 12.6. The number of sulfonamides is 1. The molecular weight excluding hydrogens is 316 g/mol. The van der Waals surface area contributed by atoms with E-state index in [1.807, 2.05) is 32.0 Å². The molecule has 0 aliphatic rings. The lowest BCUT2D eigenvalue weighted by Gasteiger charge is -2.13. The van der Waals surface area contributed by atoms with Gasteiger partial charge < -0.3 is 4.42 Å². The van der Waals surface area contributed by atoms with Crippen LogP contribution in [-0.4, -0.2) is 13.0 Å². The molecule has 1 aromatic heterocycles. The Morgan fingerprint density at radius 3 is 2.39 bits per heavy atom. The summed E-state index contributed by atoms with van der Waals surface area (Å²) in [5, 5.41) is 0. The molecule has 1 N–H and O–H groups in total. The fraction of sp³-hybridized carbons (Fsp3) is 0.188. The van der Waals surface area contributed by atoms with Crippen LogP contribution < -0.4 is 10.5 Å². The van der Waals surface area contributed by atoms with Crippen LogP contribution in [0.15, 0.2) is 50.5 Å². The summed E-state index contributed by atoms with van der Waals surface area (Å²) in [6.07, 6.45) is 0. The Balaban J connectivity index is 2.08. The van der Waals surface area contributed by atoms with E-state index in [0.717, 1.165) is 11.1 Å². The molecule has 3 aromatic rings. The number of nitrogens with one attached hydrogen (secondary N) is 1. The van der Waals surface area contributed by atoms with Crippen LogP contribution in [0, 0.1) is 13.8 Å². The number of fused-ring (bicyclic) bond motifs is 1. The molecular formula is C16H16N2O4S. The first-order chi connectivity index (χ1) is 10.8. The second kappa shape index (κ2) is 5.27. The van der Waals surface area contributed by atoms with Crippen LogP contribution >= 0.6 is 0 Å². The summed E-state index contributed by atoms with van der Waals surface area (Å²) in [7, 11) is -2.21. The molecule has 0 bridgehead atoms. The lowest BCUT2D eigenvalue weighted by Crippen LogP contribution is -2.14. The number of para-hydroxylation sites is 1. The summed E-state index contributed by atoms with van der Waals surface area (Å²) in [5.74, 6) is -0.530. The minimum atomic E-state index is -3.77. The number of nitrogens with zero attached hydrogens (tertiary/aromatic N) is 1. The Labute approximate surface area is 133 Å². The Kier molecular flexibility index (Phi) is 3.52. The fourth-order valence-corrected chi connectivity index (χ4v) is 3.67. The summed E-state index contributed by atoms with van der Waals surface area (Å²) < 4.78 is 34.2. The molecule has 0 saturated carbocycles. The number of anilines is 1. The van der Waals surface area contributed by atoms with Crippen molar-refractivity contribution in [1.29, 1.82) is 0 Å². The molecule has 23 heavy (non-hydrogen) atoms. The SMILES string of the molecule is Cc1cccc(C)c1NS(=O)(=O)c1ccc2c(c1)oc(=O)n2C. The van der Waals surface area contributed by atoms with E-state index in [-0.39, 0.29) is 10.5 Å². The van der Waals surface area contributed by atoms with Gasteiger partial charge in [-0.3, -0.25) is 9.29 Å². The van der Waals surface area contributed by atoms with Gasteiger partial charge in [-0.15, -0.1) is 0 Å². The number of hydrogen-bond donors (Lipinski definition) is 1. The highest BCUT2D eigenvalue weighted by molar-refractivity contribution is 7.92. The molecule has 3 rings (SSSR count). The van der Waals surface area contributed by atoms with Gasteiger partial charge in [0.1, 0.15) is 0 Å². The van der Waals surface area contributed by atoms with Crippen LogP contribution in [0.3, 0.4) is 0 Å². The largest absolute Gasteiger partial charge is 0.419 e. The molecule has 1 heterocycles. The molecule has 120 valence electrons. The summed E-state index contributed by atoms with van der Waals surface area (Å²) >= 11 is 0. The van der Waals surface area contributed by atoms with E-state index in [0.29, 0.717) is 11.2 Å². The number of hydrogen-bond acceptors (Lipinski definition) is 4. The van der Waals surface area contributed by atoms with Gasteiger partial charge in [0.05, 0.1) is 16.1 Å². The van der Waals surface area contributed by atoms with Crippen LogP contribution in [0.25, 0.3) is 11.1 Å². The molecule has 0 aliphatic carbocycles. The topological polar surface area (TPSA) is 81.3 Å². The molecule has 0 spiro atoms. The molecule has 0 amide bonds. The molecule has 0 fully saturated rings. The average molecular weight is 332 g/mol. The van der Waals surface area contributed by atoms with E-state index in [4.69, 9.17) is 4.42 Å². The standard InChI is InChI=1S/C16H16N2O4S/c1-10-5-4-6-11(2)15(10)17-23(20,21)12-7-8-13-14(9-12)22-16(19)18(13)3/h4-9,17H,1-3H3. The van der Waals surface area contributed by atoms with Crippen molar-refractivity contribution in [1.82, 2.24) is 4.57 Å². The van der Waals surface area contributed by atoms with Gasteiger partial charge in [0.25, 0.3) is 10.0 Å². The number of benzene rings is 2. The lowest BCUT2D eigenvalue weighted by atomic mass is 10.1. The average Bonchev–Trinajstić information content (AvgIpc) is 2.78. The van der Waals surface area contributed by atoms with Gasteiger partial charge in [0, 0.05) is 13.1 Å². The molecule has 7 heteroatoms. The first-order valence-corrected chi connectivity index (χ1v) is 8.46. The summed E-state index contributed by atoms with van der Waals surface area (Å²) in [6.45, 7) is 3.68. The molecule has 2 aromatic carbocycles. The Morgan fingerprint density at radius 1 is 1.09 bits per heavy atom. The van der Waals surface area contributed by atoms with Crippen molar-refractivity contribution in [3.63, 3.8) is 0 Å². The second-order valence-corrected chi connectivity index (χ2v) is 7.11.